The van der Waals surface area contributed by atoms with Crippen LogP contribution in [-0.4, -0.2) is 33.3 Å². The van der Waals surface area contributed by atoms with E-state index in [1.165, 1.54) is 20.3 Å². The van der Waals surface area contributed by atoms with E-state index in [0.29, 0.717) is 22.9 Å². The van der Waals surface area contributed by atoms with Crippen molar-refractivity contribution in [2.75, 3.05) is 32.0 Å². The number of ether oxygens (including phenoxy) is 3. The van der Waals surface area contributed by atoms with Gasteiger partial charge in [0.1, 0.15) is 0 Å². The largest absolute Gasteiger partial charge is 0.493 e. The van der Waals surface area contributed by atoms with Crippen molar-refractivity contribution in [3.8, 4) is 11.5 Å². The van der Waals surface area contributed by atoms with Crippen LogP contribution in [0.1, 0.15) is 5.56 Å². The second-order valence-electron chi connectivity index (χ2n) is 5.13. The van der Waals surface area contributed by atoms with Crippen molar-refractivity contribution in [3.05, 3.63) is 54.1 Å². The lowest BCUT2D eigenvalue weighted by Crippen LogP contribution is -2.19. The fraction of sp³-hybridized carbons (Fsp3) is 0.158. The van der Waals surface area contributed by atoms with E-state index in [0.717, 1.165) is 5.56 Å². The van der Waals surface area contributed by atoms with Crippen molar-refractivity contribution in [2.24, 2.45) is 0 Å². The van der Waals surface area contributed by atoms with Crippen LogP contribution in [0.2, 0.25) is 0 Å². The number of carbonyl (C=O) groups is 2. The topological polar surface area (TPSA) is 85.9 Å². The van der Waals surface area contributed by atoms with Crippen molar-refractivity contribution in [1.82, 2.24) is 0 Å². The molecule has 0 unspecified atom stereocenters. The molecule has 0 aromatic heterocycles. The minimum atomic E-state index is -0.429. The molecule has 0 aliphatic rings. The number of methoxy groups -OCH3 is 3. The lowest BCUT2D eigenvalue weighted by molar-refractivity contribution is -0.134. The summed E-state index contributed by atoms with van der Waals surface area (Å²) in [5.74, 6) is 0.669. The second-order valence-corrected chi connectivity index (χ2v) is 5.13. The van der Waals surface area contributed by atoms with Crippen molar-refractivity contribution in [3.63, 3.8) is 0 Å². The van der Waals surface area contributed by atoms with Gasteiger partial charge in [-0.15, -0.1) is 0 Å². The van der Waals surface area contributed by atoms with Gasteiger partial charge in [0.15, 0.2) is 11.5 Å². The lowest BCUT2D eigenvalue weighted by Gasteiger charge is -2.11. The van der Waals surface area contributed by atoms with Crippen LogP contribution in [-0.2, 0) is 9.53 Å². The number of hydrogen-bond donors (Lipinski definition) is 2. The van der Waals surface area contributed by atoms with Gasteiger partial charge in [-0.3, -0.25) is 0 Å². The monoisotopic (exact) mass is 356 g/mol. The molecule has 7 nitrogen and oxygen atoms in total. The fourth-order valence-corrected chi connectivity index (χ4v) is 2.12. The summed E-state index contributed by atoms with van der Waals surface area (Å²) in [5, 5.41) is 5.44. The fourth-order valence-electron chi connectivity index (χ4n) is 2.12. The predicted octanol–water partition coefficient (Wildman–Crippen LogP) is 3.53. The van der Waals surface area contributed by atoms with Gasteiger partial charge in [0.05, 0.1) is 21.3 Å². The van der Waals surface area contributed by atoms with E-state index in [4.69, 9.17) is 9.47 Å². The minimum Gasteiger partial charge on any atom is -0.493 e. The summed E-state index contributed by atoms with van der Waals surface area (Å²) < 4.78 is 14.9. The first-order valence-corrected chi connectivity index (χ1v) is 7.72. The van der Waals surface area contributed by atoms with Crippen molar-refractivity contribution >= 4 is 29.5 Å². The van der Waals surface area contributed by atoms with Crippen LogP contribution in [0.4, 0.5) is 16.2 Å². The summed E-state index contributed by atoms with van der Waals surface area (Å²) >= 11 is 0. The molecule has 0 spiro atoms. The molecule has 0 radical (unpaired) electrons. The lowest BCUT2D eigenvalue weighted by atomic mass is 10.2. The molecular weight excluding hydrogens is 336 g/mol. The zero-order valence-corrected chi connectivity index (χ0v) is 14.7. The van der Waals surface area contributed by atoms with E-state index in [1.807, 2.05) is 0 Å². The summed E-state index contributed by atoms with van der Waals surface area (Å²) in [5.41, 5.74) is 1.98. The van der Waals surface area contributed by atoms with Crippen LogP contribution in [0, 0.1) is 0 Å². The smallest absolute Gasteiger partial charge is 0.330 e. The molecule has 2 N–H and O–H groups in total. The van der Waals surface area contributed by atoms with E-state index in [9.17, 15) is 9.59 Å². The molecule has 136 valence electrons. The molecule has 0 saturated heterocycles. The number of carbonyl (C=O) groups excluding carboxylic acids is 2. The summed E-state index contributed by atoms with van der Waals surface area (Å²) in [7, 11) is 4.39. The van der Waals surface area contributed by atoms with Gasteiger partial charge in [0, 0.05) is 23.5 Å². The average Bonchev–Trinajstić information content (AvgIpc) is 2.66. The predicted molar refractivity (Wildman–Crippen MR) is 99.7 cm³/mol. The summed E-state index contributed by atoms with van der Waals surface area (Å²) in [6, 6.07) is 11.7. The van der Waals surface area contributed by atoms with Crippen LogP contribution in [0.5, 0.6) is 11.5 Å². The molecule has 2 rings (SSSR count). The highest BCUT2D eigenvalue weighted by atomic mass is 16.5. The Hall–Kier alpha value is -3.48. The third kappa shape index (κ3) is 5.27. The Morgan fingerprint density at radius 3 is 2.08 bits per heavy atom. The summed E-state index contributed by atoms with van der Waals surface area (Å²) in [4.78, 5) is 23.2. The zero-order chi connectivity index (χ0) is 18.9. The Bertz CT molecular complexity index is 800. The normalized spacial score (nSPS) is 10.3. The highest BCUT2D eigenvalue weighted by Crippen LogP contribution is 2.29. The first-order valence-electron chi connectivity index (χ1n) is 7.72. The van der Waals surface area contributed by atoms with Crippen LogP contribution < -0.4 is 20.1 Å². The Balaban J connectivity index is 1.97. The Morgan fingerprint density at radius 2 is 1.46 bits per heavy atom. The van der Waals surface area contributed by atoms with E-state index in [2.05, 4.69) is 15.4 Å². The van der Waals surface area contributed by atoms with Gasteiger partial charge >= 0.3 is 12.0 Å². The van der Waals surface area contributed by atoms with E-state index in [1.54, 1.807) is 55.7 Å². The number of nitrogens with one attached hydrogen (secondary N) is 2. The van der Waals surface area contributed by atoms with Crippen LogP contribution in [0.15, 0.2) is 48.5 Å². The van der Waals surface area contributed by atoms with Crippen LogP contribution in [0.3, 0.4) is 0 Å². The number of rotatable bonds is 6. The number of urea groups is 1. The molecule has 0 bridgehead atoms. The molecule has 0 saturated carbocycles. The molecule has 0 atom stereocenters. The maximum absolute atomic E-state index is 12.1. The van der Waals surface area contributed by atoms with Crippen molar-refractivity contribution in [1.29, 1.82) is 0 Å². The average molecular weight is 356 g/mol. The van der Waals surface area contributed by atoms with Gasteiger partial charge in [0.25, 0.3) is 0 Å². The van der Waals surface area contributed by atoms with Gasteiger partial charge in [-0.2, -0.15) is 0 Å². The van der Waals surface area contributed by atoms with E-state index in [-0.39, 0.29) is 0 Å². The molecule has 2 aromatic carbocycles. The van der Waals surface area contributed by atoms with Crippen LogP contribution in [0.25, 0.3) is 6.08 Å². The Kier molecular flexibility index (Phi) is 6.61. The number of benzene rings is 2. The SMILES string of the molecule is COC(=O)/C=C/c1ccc(NC(=O)Nc2ccc(OC)c(OC)c2)cc1. The zero-order valence-electron chi connectivity index (χ0n) is 14.7. The molecule has 2 aromatic rings. The highest BCUT2D eigenvalue weighted by Gasteiger charge is 2.07. The number of anilines is 2. The molecule has 26 heavy (non-hydrogen) atoms. The van der Waals surface area contributed by atoms with E-state index >= 15 is 0 Å². The second kappa shape index (κ2) is 9.12. The molecule has 0 aliphatic heterocycles. The Labute approximate surface area is 151 Å². The number of amides is 2. The first-order chi connectivity index (χ1) is 12.5. The van der Waals surface area contributed by atoms with Gasteiger partial charge in [-0.25, -0.2) is 9.59 Å². The molecule has 0 heterocycles. The molecule has 7 heteroatoms. The minimum absolute atomic E-state index is 0.393. The van der Waals surface area contributed by atoms with Gasteiger partial charge in [-0.05, 0) is 35.9 Å². The molecule has 0 fully saturated rings. The van der Waals surface area contributed by atoms with Crippen molar-refractivity contribution in [2.45, 2.75) is 0 Å². The van der Waals surface area contributed by atoms with Crippen molar-refractivity contribution < 1.29 is 23.8 Å². The van der Waals surface area contributed by atoms with E-state index < -0.39 is 12.0 Å². The third-order valence-corrected chi connectivity index (χ3v) is 3.42. The standard InChI is InChI=1S/C19H20N2O5/c1-24-16-10-9-15(12-17(16)25-2)21-19(23)20-14-7-4-13(5-8-14)6-11-18(22)26-3/h4-12H,1-3H3,(H2,20,21,23)/b11-6+. The molecule has 2 amide bonds. The number of hydrogen-bond acceptors (Lipinski definition) is 5. The summed E-state index contributed by atoms with van der Waals surface area (Å²) in [6.07, 6.45) is 2.95. The van der Waals surface area contributed by atoms with Gasteiger partial charge < -0.3 is 24.8 Å². The van der Waals surface area contributed by atoms with Crippen LogP contribution >= 0.6 is 0 Å². The summed E-state index contributed by atoms with van der Waals surface area (Å²) in [6.45, 7) is 0. The third-order valence-electron chi connectivity index (χ3n) is 3.42. The quantitative estimate of drug-likeness (QED) is 0.611. The molecule has 0 aliphatic carbocycles. The van der Waals surface area contributed by atoms with Gasteiger partial charge in [0.2, 0.25) is 0 Å². The first kappa shape index (κ1) is 18.9. The number of esters is 1. The highest BCUT2D eigenvalue weighted by molar-refractivity contribution is 6.00. The maximum atomic E-state index is 12.1. The molecular formula is C19H20N2O5. The Morgan fingerprint density at radius 1 is 0.846 bits per heavy atom. The van der Waals surface area contributed by atoms with Gasteiger partial charge in [-0.1, -0.05) is 12.1 Å². The maximum Gasteiger partial charge on any atom is 0.330 e.